The van der Waals surface area contributed by atoms with Gasteiger partial charge in [0.15, 0.2) is 6.61 Å². The number of hydrazone groups is 1. The van der Waals surface area contributed by atoms with E-state index in [1.54, 1.807) is 18.2 Å². The van der Waals surface area contributed by atoms with Crippen molar-refractivity contribution in [3.63, 3.8) is 0 Å². The summed E-state index contributed by atoms with van der Waals surface area (Å²) in [6, 6.07) is 16.6. The second-order valence-corrected chi connectivity index (χ2v) is 6.47. The molecule has 0 radical (unpaired) electrons. The van der Waals surface area contributed by atoms with Crippen molar-refractivity contribution in [1.82, 2.24) is 5.43 Å². The van der Waals surface area contributed by atoms with Gasteiger partial charge in [0, 0.05) is 10.6 Å². The van der Waals surface area contributed by atoms with Crippen LogP contribution in [0.3, 0.4) is 0 Å². The van der Waals surface area contributed by atoms with Crippen molar-refractivity contribution in [1.29, 1.82) is 0 Å². The van der Waals surface area contributed by atoms with Crippen LogP contribution in [-0.2, 0) is 4.79 Å². The molecule has 0 bridgehead atoms. The van der Waals surface area contributed by atoms with Crippen LogP contribution in [-0.4, -0.2) is 18.7 Å². The van der Waals surface area contributed by atoms with Gasteiger partial charge in [-0.1, -0.05) is 17.7 Å². The Kier molecular flexibility index (Phi) is 5.94. The molecule has 1 amide bonds. The van der Waals surface area contributed by atoms with Crippen LogP contribution in [0.2, 0.25) is 5.02 Å². The molecule has 1 heterocycles. The van der Waals surface area contributed by atoms with Crippen molar-refractivity contribution in [2.24, 2.45) is 5.10 Å². The standard InChI is InChI=1S/C21H19ClN2O3/c1-14-3-8-18(11-15(14)2)26-13-21(25)24-23-12-19-9-10-20(27-19)16-4-6-17(22)7-5-16/h3-12H,13H2,1-2H3,(H,24,25)/b23-12+. The molecule has 2 aromatic carbocycles. The maximum absolute atomic E-state index is 11.8. The SMILES string of the molecule is Cc1ccc(OCC(=O)N/N=C/c2ccc(-c3ccc(Cl)cc3)o2)cc1C. The second kappa shape index (κ2) is 8.56. The van der Waals surface area contributed by atoms with Gasteiger partial charge in [-0.15, -0.1) is 0 Å². The maximum atomic E-state index is 11.8. The zero-order valence-electron chi connectivity index (χ0n) is 15.0. The van der Waals surface area contributed by atoms with Crippen LogP contribution in [0.5, 0.6) is 5.75 Å². The maximum Gasteiger partial charge on any atom is 0.277 e. The molecule has 0 spiro atoms. The summed E-state index contributed by atoms with van der Waals surface area (Å²) >= 11 is 5.88. The summed E-state index contributed by atoms with van der Waals surface area (Å²) < 4.78 is 11.1. The number of nitrogens with zero attached hydrogens (tertiary/aromatic N) is 1. The van der Waals surface area contributed by atoms with Crippen LogP contribution in [0.1, 0.15) is 16.9 Å². The van der Waals surface area contributed by atoms with Gasteiger partial charge in [0.2, 0.25) is 0 Å². The first-order valence-corrected chi connectivity index (χ1v) is 8.77. The number of hydrogen-bond donors (Lipinski definition) is 1. The number of nitrogens with one attached hydrogen (secondary N) is 1. The summed E-state index contributed by atoms with van der Waals surface area (Å²) in [5.74, 6) is 1.51. The molecule has 0 unspecified atom stereocenters. The van der Waals surface area contributed by atoms with Crippen molar-refractivity contribution in [2.75, 3.05) is 6.61 Å². The minimum absolute atomic E-state index is 0.117. The lowest BCUT2D eigenvalue weighted by Gasteiger charge is -2.07. The summed E-state index contributed by atoms with van der Waals surface area (Å²) in [5, 5.41) is 4.55. The number of furan rings is 1. The van der Waals surface area contributed by atoms with Crippen molar-refractivity contribution in [2.45, 2.75) is 13.8 Å². The normalized spacial score (nSPS) is 10.9. The van der Waals surface area contributed by atoms with Crippen molar-refractivity contribution >= 4 is 23.7 Å². The molecule has 27 heavy (non-hydrogen) atoms. The average Bonchev–Trinajstić information content (AvgIpc) is 3.12. The third-order valence-electron chi connectivity index (χ3n) is 3.98. The number of benzene rings is 2. The summed E-state index contributed by atoms with van der Waals surface area (Å²) in [7, 11) is 0. The van der Waals surface area contributed by atoms with E-state index in [0.717, 1.165) is 11.1 Å². The molecular formula is C21H19ClN2O3. The van der Waals surface area contributed by atoms with E-state index in [-0.39, 0.29) is 12.5 Å². The third kappa shape index (κ3) is 5.21. The lowest BCUT2D eigenvalue weighted by Crippen LogP contribution is -2.24. The molecule has 0 fully saturated rings. The highest BCUT2D eigenvalue weighted by molar-refractivity contribution is 6.30. The van der Waals surface area contributed by atoms with Crippen LogP contribution < -0.4 is 10.2 Å². The molecule has 5 nitrogen and oxygen atoms in total. The number of carbonyl (C=O) groups excluding carboxylic acids is 1. The zero-order chi connectivity index (χ0) is 19.2. The molecule has 0 aliphatic rings. The van der Waals surface area contributed by atoms with E-state index < -0.39 is 0 Å². The van der Waals surface area contributed by atoms with Gasteiger partial charge in [-0.3, -0.25) is 4.79 Å². The third-order valence-corrected chi connectivity index (χ3v) is 4.24. The Hall–Kier alpha value is -3.05. The zero-order valence-corrected chi connectivity index (χ0v) is 15.8. The fourth-order valence-corrected chi connectivity index (χ4v) is 2.47. The number of aryl methyl sites for hydroxylation is 2. The Morgan fingerprint density at radius 2 is 1.89 bits per heavy atom. The minimum Gasteiger partial charge on any atom is -0.484 e. The predicted octanol–water partition coefficient (Wildman–Crippen LogP) is 4.75. The first kappa shape index (κ1) is 18.7. The smallest absolute Gasteiger partial charge is 0.277 e. The monoisotopic (exact) mass is 382 g/mol. The number of amides is 1. The number of halogens is 1. The number of rotatable bonds is 6. The Morgan fingerprint density at radius 1 is 1.11 bits per heavy atom. The second-order valence-electron chi connectivity index (χ2n) is 6.04. The van der Waals surface area contributed by atoms with E-state index in [1.807, 2.05) is 50.2 Å². The Morgan fingerprint density at radius 3 is 2.63 bits per heavy atom. The highest BCUT2D eigenvalue weighted by Gasteiger charge is 2.05. The van der Waals surface area contributed by atoms with E-state index >= 15 is 0 Å². The molecule has 0 aliphatic heterocycles. The van der Waals surface area contributed by atoms with Gasteiger partial charge in [0.25, 0.3) is 5.91 Å². The Balaban J connectivity index is 1.50. The molecular weight excluding hydrogens is 364 g/mol. The Labute approximate surface area is 162 Å². The summed E-state index contributed by atoms with van der Waals surface area (Å²) in [6.45, 7) is 3.90. The van der Waals surface area contributed by atoms with Gasteiger partial charge >= 0.3 is 0 Å². The van der Waals surface area contributed by atoms with Gasteiger partial charge in [0.05, 0.1) is 6.21 Å². The van der Waals surface area contributed by atoms with Crippen LogP contribution in [0.4, 0.5) is 0 Å². The van der Waals surface area contributed by atoms with E-state index in [9.17, 15) is 4.79 Å². The van der Waals surface area contributed by atoms with E-state index in [0.29, 0.717) is 22.3 Å². The first-order valence-electron chi connectivity index (χ1n) is 8.39. The first-order chi connectivity index (χ1) is 13.0. The molecule has 0 aliphatic carbocycles. The van der Waals surface area contributed by atoms with Crippen LogP contribution in [0.15, 0.2) is 64.1 Å². The van der Waals surface area contributed by atoms with Gasteiger partial charge < -0.3 is 9.15 Å². The van der Waals surface area contributed by atoms with Crippen molar-refractivity contribution in [3.05, 3.63) is 76.5 Å². The molecule has 3 rings (SSSR count). The van der Waals surface area contributed by atoms with Gasteiger partial charge in [-0.25, -0.2) is 5.43 Å². The molecule has 0 saturated carbocycles. The van der Waals surface area contributed by atoms with E-state index in [1.165, 1.54) is 11.8 Å². The molecule has 0 saturated heterocycles. The fourth-order valence-electron chi connectivity index (χ4n) is 2.34. The molecule has 0 atom stereocenters. The quantitative estimate of drug-likeness (QED) is 0.494. The topological polar surface area (TPSA) is 63.8 Å². The van der Waals surface area contributed by atoms with E-state index in [2.05, 4.69) is 10.5 Å². The van der Waals surface area contributed by atoms with Crippen LogP contribution >= 0.6 is 11.6 Å². The van der Waals surface area contributed by atoms with Gasteiger partial charge in [-0.05, 0) is 73.5 Å². The van der Waals surface area contributed by atoms with Crippen molar-refractivity contribution in [3.8, 4) is 17.1 Å². The highest BCUT2D eigenvalue weighted by Crippen LogP contribution is 2.23. The minimum atomic E-state index is -0.353. The lowest BCUT2D eigenvalue weighted by atomic mass is 10.1. The number of ether oxygens (including phenoxy) is 1. The number of carbonyl (C=O) groups is 1. The average molecular weight is 383 g/mol. The van der Waals surface area contributed by atoms with Crippen LogP contribution in [0, 0.1) is 13.8 Å². The van der Waals surface area contributed by atoms with Crippen molar-refractivity contribution < 1.29 is 13.9 Å². The van der Waals surface area contributed by atoms with Gasteiger partial charge in [-0.2, -0.15) is 5.10 Å². The fraction of sp³-hybridized carbons (Fsp3) is 0.143. The predicted molar refractivity (Wildman–Crippen MR) is 106 cm³/mol. The van der Waals surface area contributed by atoms with E-state index in [4.69, 9.17) is 20.8 Å². The van der Waals surface area contributed by atoms with Gasteiger partial charge in [0.1, 0.15) is 17.3 Å². The summed E-state index contributed by atoms with van der Waals surface area (Å²) in [4.78, 5) is 11.8. The molecule has 1 N–H and O–H groups in total. The number of hydrogen-bond acceptors (Lipinski definition) is 4. The molecule has 6 heteroatoms. The highest BCUT2D eigenvalue weighted by atomic mass is 35.5. The molecule has 1 aromatic heterocycles. The lowest BCUT2D eigenvalue weighted by molar-refractivity contribution is -0.123. The summed E-state index contributed by atoms with van der Waals surface area (Å²) in [5.41, 5.74) is 5.60. The largest absolute Gasteiger partial charge is 0.484 e. The molecule has 138 valence electrons. The van der Waals surface area contributed by atoms with Crippen LogP contribution in [0.25, 0.3) is 11.3 Å². The summed E-state index contributed by atoms with van der Waals surface area (Å²) in [6.07, 6.45) is 1.44. The Bertz CT molecular complexity index is 962. The molecule has 3 aromatic rings.